The van der Waals surface area contributed by atoms with Crippen LogP contribution in [0.1, 0.15) is 11.1 Å². The summed E-state index contributed by atoms with van der Waals surface area (Å²) in [6.07, 6.45) is 4.14. The third-order valence-electron chi connectivity index (χ3n) is 8.91. The summed E-state index contributed by atoms with van der Waals surface area (Å²) in [4.78, 5) is 11.6. The molecule has 4 aromatic carbocycles. The molecular weight excluding hydrogens is 520 g/mol. The van der Waals surface area contributed by atoms with Gasteiger partial charge in [0.15, 0.2) is 11.5 Å². The minimum absolute atomic E-state index is 0.804. The van der Waals surface area contributed by atoms with Crippen LogP contribution in [0, 0.1) is 13.8 Å². The number of anilines is 2. The molecule has 4 heterocycles. The summed E-state index contributed by atoms with van der Waals surface area (Å²) in [5.41, 5.74) is 11.7. The second kappa shape index (κ2) is 10.1. The number of fused-ring (bicyclic) bond motifs is 4. The highest BCUT2D eigenvalue weighted by Gasteiger charge is 2.26. The highest BCUT2D eigenvalue weighted by Crippen LogP contribution is 2.49. The minimum atomic E-state index is 0.804. The number of aryl methyl sites for hydroxylation is 2. The smallest absolute Gasteiger partial charge is 0.151 e. The molecule has 2 aliphatic heterocycles. The lowest BCUT2D eigenvalue weighted by Crippen LogP contribution is -2.41. The number of hydrogen-bond donors (Lipinski definition) is 2. The van der Waals surface area contributed by atoms with Crippen LogP contribution in [0.15, 0.2) is 85.2 Å². The Morgan fingerprint density at radius 3 is 1.67 bits per heavy atom. The van der Waals surface area contributed by atoms with Crippen LogP contribution in [0.25, 0.3) is 44.1 Å². The molecule has 0 spiro atoms. The van der Waals surface area contributed by atoms with E-state index >= 15 is 0 Å². The van der Waals surface area contributed by atoms with Crippen molar-refractivity contribution in [3.05, 3.63) is 96.3 Å². The van der Waals surface area contributed by atoms with Crippen molar-refractivity contribution >= 4 is 33.2 Å². The summed E-state index contributed by atoms with van der Waals surface area (Å²) in [6.45, 7) is 9.71. The van der Waals surface area contributed by atoms with Crippen molar-refractivity contribution in [2.45, 2.75) is 13.8 Å². The molecule has 0 atom stereocenters. The highest BCUT2D eigenvalue weighted by molar-refractivity contribution is 5.91. The Balaban J connectivity index is 1.19. The number of morpholine rings is 1. The largest absolute Gasteiger partial charge is 0.453 e. The van der Waals surface area contributed by atoms with Gasteiger partial charge in [0.25, 0.3) is 0 Å². The number of nitrogens with zero attached hydrogens (tertiary/aromatic N) is 2. The van der Waals surface area contributed by atoms with Gasteiger partial charge in [0, 0.05) is 60.4 Å². The molecule has 0 radical (unpaired) electrons. The van der Waals surface area contributed by atoms with Gasteiger partial charge >= 0.3 is 0 Å². The van der Waals surface area contributed by atoms with Crippen molar-refractivity contribution in [3.8, 4) is 33.8 Å². The monoisotopic (exact) mass is 554 g/mol. The van der Waals surface area contributed by atoms with Gasteiger partial charge < -0.3 is 24.3 Å². The Hall–Kier alpha value is -4.52. The van der Waals surface area contributed by atoms with Crippen LogP contribution in [0.4, 0.5) is 11.4 Å². The molecule has 6 nitrogen and oxygen atoms in total. The number of benzene rings is 4. The standard InChI is InChI=1S/C36H34N4O2/c1-23-21-37-31-7-3-25(17-29(23)31)27-5-9-33-35(19-27)42-36-20-28(26-4-8-32-30(18-26)24(2)22-38-32)6-10-34(36)40(33)12-11-39-13-15-41-16-14-39/h3-10,17-22,37-38H,11-16H2,1-2H3. The average Bonchev–Trinajstić information content (AvgIpc) is 3.60. The van der Waals surface area contributed by atoms with Gasteiger partial charge in [-0.3, -0.25) is 4.90 Å². The molecule has 2 aliphatic rings. The van der Waals surface area contributed by atoms with E-state index in [1.807, 2.05) is 0 Å². The van der Waals surface area contributed by atoms with Crippen LogP contribution in [0.5, 0.6) is 11.5 Å². The topological polar surface area (TPSA) is 56.5 Å². The van der Waals surface area contributed by atoms with E-state index in [1.54, 1.807) is 0 Å². The number of aromatic amines is 2. The molecular formula is C36H34N4O2. The zero-order valence-corrected chi connectivity index (χ0v) is 24.0. The Morgan fingerprint density at radius 1 is 0.619 bits per heavy atom. The van der Waals surface area contributed by atoms with Crippen molar-refractivity contribution in [3.63, 3.8) is 0 Å². The summed E-state index contributed by atoms with van der Waals surface area (Å²) in [5, 5.41) is 2.51. The summed E-state index contributed by atoms with van der Waals surface area (Å²) in [6, 6.07) is 26.5. The van der Waals surface area contributed by atoms with Crippen molar-refractivity contribution in [2.24, 2.45) is 0 Å². The Labute approximate surface area is 245 Å². The van der Waals surface area contributed by atoms with E-state index < -0.39 is 0 Å². The van der Waals surface area contributed by atoms with Gasteiger partial charge in [-0.05, 0) is 95.8 Å². The lowest BCUT2D eigenvalue weighted by Gasteiger charge is -2.35. The quantitative estimate of drug-likeness (QED) is 0.226. The van der Waals surface area contributed by atoms with Crippen LogP contribution in [0.3, 0.4) is 0 Å². The van der Waals surface area contributed by atoms with Gasteiger partial charge in [0.05, 0.1) is 24.6 Å². The van der Waals surface area contributed by atoms with E-state index in [0.29, 0.717) is 0 Å². The fourth-order valence-electron chi connectivity index (χ4n) is 6.43. The van der Waals surface area contributed by atoms with E-state index in [9.17, 15) is 0 Å². The molecule has 0 amide bonds. The van der Waals surface area contributed by atoms with Crippen LogP contribution in [-0.2, 0) is 4.74 Å². The third-order valence-corrected chi connectivity index (χ3v) is 8.91. The van der Waals surface area contributed by atoms with Crippen molar-refractivity contribution in [1.82, 2.24) is 14.9 Å². The SMILES string of the molecule is Cc1c[nH]c2ccc(-c3ccc4c(c3)Oc3cc(-c5ccc6[nH]cc(C)c6c5)ccc3N4CCN3CCOCC3)cc12. The second-order valence-electron chi connectivity index (χ2n) is 11.5. The molecule has 1 saturated heterocycles. The van der Waals surface area contributed by atoms with E-state index in [2.05, 4.69) is 119 Å². The highest BCUT2D eigenvalue weighted by atomic mass is 16.5. The third kappa shape index (κ3) is 4.35. The summed E-state index contributed by atoms with van der Waals surface area (Å²) in [5.74, 6) is 1.78. The van der Waals surface area contributed by atoms with Gasteiger partial charge in [-0.2, -0.15) is 0 Å². The fourth-order valence-corrected chi connectivity index (χ4v) is 6.43. The first kappa shape index (κ1) is 25.2. The first-order valence-electron chi connectivity index (χ1n) is 14.8. The van der Waals surface area contributed by atoms with E-state index in [-0.39, 0.29) is 0 Å². The summed E-state index contributed by atoms with van der Waals surface area (Å²) >= 11 is 0. The van der Waals surface area contributed by atoms with E-state index in [4.69, 9.17) is 9.47 Å². The number of ether oxygens (including phenoxy) is 2. The summed E-state index contributed by atoms with van der Waals surface area (Å²) < 4.78 is 12.3. The zero-order valence-electron chi connectivity index (χ0n) is 24.0. The first-order chi connectivity index (χ1) is 20.6. The van der Waals surface area contributed by atoms with Crippen LogP contribution >= 0.6 is 0 Å². The van der Waals surface area contributed by atoms with Crippen molar-refractivity contribution < 1.29 is 9.47 Å². The predicted octanol–water partition coefficient (Wildman–Crippen LogP) is 8.18. The zero-order chi connectivity index (χ0) is 28.2. The molecule has 0 saturated carbocycles. The number of rotatable bonds is 5. The minimum Gasteiger partial charge on any atom is -0.453 e. The molecule has 0 aliphatic carbocycles. The van der Waals surface area contributed by atoms with Crippen molar-refractivity contribution in [1.29, 1.82) is 0 Å². The van der Waals surface area contributed by atoms with Gasteiger partial charge in [0.1, 0.15) is 0 Å². The predicted molar refractivity (Wildman–Crippen MR) is 171 cm³/mol. The first-order valence-corrected chi connectivity index (χ1v) is 14.8. The molecule has 2 aromatic heterocycles. The molecule has 2 N–H and O–H groups in total. The van der Waals surface area contributed by atoms with E-state index in [1.165, 1.54) is 33.0 Å². The Bertz CT molecular complexity index is 1820. The molecule has 1 fully saturated rings. The van der Waals surface area contributed by atoms with Gasteiger partial charge in [-0.15, -0.1) is 0 Å². The van der Waals surface area contributed by atoms with Gasteiger partial charge in [0.2, 0.25) is 0 Å². The van der Waals surface area contributed by atoms with Gasteiger partial charge in [-0.25, -0.2) is 0 Å². The molecule has 0 bridgehead atoms. The van der Waals surface area contributed by atoms with Crippen molar-refractivity contribution in [2.75, 3.05) is 44.3 Å². The lowest BCUT2D eigenvalue weighted by atomic mass is 9.99. The number of aromatic nitrogens is 2. The molecule has 8 rings (SSSR count). The van der Waals surface area contributed by atoms with E-state index in [0.717, 1.165) is 84.4 Å². The van der Waals surface area contributed by atoms with Crippen LogP contribution in [0.2, 0.25) is 0 Å². The maximum Gasteiger partial charge on any atom is 0.151 e. The number of hydrogen-bond acceptors (Lipinski definition) is 4. The fraction of sp³-hybridized carbons (Fsp3) is 0.222. The molecule has 6 aromatic rings. The summed E-state index contributed by atoms with van der Waals surface area (Å²) in [7, 11) is 0. The lowest BCUT2D eigenvalue weighted by molar-refractivity contribution is 0.0394. The normalized spacial score (nSPS) is 15.1. The average molecular weight is 555 g/mol. The Morgan fingerprint density at radius 2 is 1.12 bits per heavy atom. The second-order valence-corrected chi connectivity index (χ2v) is 11.5. The van der Waals surface area contributed by atoms with Crippen LogP contribution in [-0.4, -0.2) is 54.3 Å². The molecule has 210 valence electrons. The Kier molecular flexibility index (Phi) is 6.05. The van der Waals surface area contributed by atoms with Gasteiger partial charge in [-0.1, -0.05) is 24.3 Å². The molecule has 6 heteroatoms. The number of H-pyrrole nitrogens is 2. The van der Waals surface area contributed by atoms with Crippen LogP contribution < -0.4 is 9.64 Å². The molecule has 0 unspecified atom stereocenters. The maximum absolute atomic E-state index is 6.73. The molecule has 42 heavy (non-hydrogen) atoms. The maximum atomic E-state index is 6.73. The number of nitrogens with one attached hydrogen (secondary N) is 2.